The van der Waals surface area contributed by atoms with Gasteiger partial charge in [-0.15, -0.1) is 11.3 Å². The van der Waals surface area contributed by atoms with Crippen LogP contribution >= 0.6 is 32.9 Å². The summed E-state index contributed by atoms with van der Waals surface area (Å²) in [5, 5.41) is 2.75. The number of fused-ring (bicyclic) bond motifs is 1. The number of ketones is 2. The van der Waals surface area contributed by atoms with Gasteiger partial charge in [-0.3, -0.25) is 14.4 Å². The number of para-hydroxylation sites is 1. The zero-order valence-electron chi connectivity index (χ0n) is 17.4. The van der Waals surface area contributed by atoms with Gasteiger partial charge >= 0.3 is 0 Å². The van der Waals surface area contributed by atoms with Crippen molar-refractivity contribution in [3.05, 3.63) is 60.2 Å². The van der Waals surface area contributed by atoms with E-state index in [0.717, 1.165) is 20.1 Å². The minimum Gasteiger partial charge on any atom is -0.346 e. The molecule has 1 unspecified atom stereocenters. The predicted molar refractivity (Wildman–Crippen MR) is 129 cm³/mol. The molecule has 5 nitrogen and oxygen atoms in total. The van der Waals surface area contributed by atoms with E-state index in [9.17, 15) is 14.4 Å². The minimum absolute atomic E-state index is 0.0183. The van der Waals surface area contributed by atoms with Crippen LogP contribution in [0.4, 0.5) is 0 Å². The second kappa shape index (κ2) is 11.5. The molecule has 0 bridgehead atoms. The second-order valence-corrected chi connectivity index (χ2v) is 10.9. The summed E-state index contributed by atoms with van der Waals surface area (Å²) >= 11 is 1.60. The molecule has 1 N–H and O–H groups in total. The fraction of sp³-hybridized carbons (Fsp3) is 0.304. The van der Waals surface area contributed by atoms with E-state index in [0.29, 0.717) is 12.2 Å². The Balaban J connectivity index is 1.60. The van der Waals surface area contributed by atoms with Gasteiger partial charge in [0.05, 0.1) is 16.3 Å². The Kier molecular flexibility index (Phi) is 8.69. The fourth-order valence-corrected chi connectivity index (χ4v) is 6.72. The van der Waals surface area contributed by atoms with Crippen LogP contribution in [0.25, 0.3) is 10.2 Å². The molecule has 0 spiro atoms. The topological polar surface area (TPSA) is 76.1 Å². The van der Waals surface area contributed by atoms with Crippen LogP contribution in [0.1, 0.15) is 25.8 Å². The number of nitrogens with one attached hydrogen (secondary N) is 1. The monoisotopic (exact) mass is 472 g/mol. The largest absolute Gasteiger partial charge is 0.346 e. The highest BCUT2D eigenvalue weighted by molar-refractivity contribution is 8.77. The predicted octanol–water partition coefficient (Wildman–Crippen LogP) is 4.95. The summed E-state index contributed by atoms with van der Waals surface area (Å²) < 4.78 is 2.02. The molecule has 0 aliphatic rings. The Morgan fingerprint density at radius 3 is 2.42 bits per heavy atom. The lowest BCUT2D eigenvalue weighted by molar-refractivity contribution is -0.129. The number of rotatable bonds is 11. The SMILES string of the molecule is CC(=O)N[C@H](CSSc1nc2ccccc2s1)C(=O)CC(Cc1ccccc1)C(C)=O. The Bertz CT molecular complexity index is 1020. The molecule has 31 heavy (non-hydrogen) atoms. The van der Waals surface area contributed by atoms with Gasteiger partial charge in [0.15, 0.2) is 10.1 Å². The molecule has 3 rings (SSSR count). The van der Waals surface area contributed by atoms with Crippen LogP contribution < -0.4 is 5.32 Å². The quantitative estimate of drug-likeness (QED) is 0.398. The number of nitrogens with zero attached hydrogens (tertiary/aromatic N) is 1. The Hall–Kier alpha value is -2.16. The van der Waals surface area contributed by atoms with Gasteiger partial charge in [0.25, 0.3) is 0 Å². The molecule has 8 heteroatoms. The van der Waals surface area contributed by atoms with E-state index in [1.165, 1.54) is 35.4 Å². The molecule has 2 aromatic carbocycles. The molecule has 0 aliphatic heterocycles. The smallest absolute Gasteiger partial charge is 0.217 e. The molecular weight excluding hydrogens is 448 g/mol. The number of thiazole rings is 1. The standard InChI is InChI=1S/C23H24N2O3S3/c1-15(26)18(12-17-8-4-3-5-9-17)13-21(28)20(24-16(2)27)14-29-31-23-25-19-10-6-7-11-22(19)30-23/h3-11,18,20H,12-14H2,1-2H3,(H,24,27)/t18?,20-/m1/s1. The summed E-state index contributed by atoms with van der Waals surface area (Å²) in [6.07, 6.45) is 0.629. The van der Waals surface area contributed by atoms with Gasteiger partial charge in [-0.1, -0.05) is 53.3 Å². The number of aromatic nitrogens is 1. The molecule has 0 fully saturated rings. The van der Waals surface area contributed by atoms with Crippen LogP contribution in [0.2, 0.25) is 0 Å². The van der Waals surface area contributed by atoms with E-state index < -0.39 is 12.0 Å². The first-order valence-electron chi connectivity index (χ1n) is 9.91. The molecule has 3 aromatic rings. The molecule has 0 saturated heterocycles. The molecule has 2 atom stereocenters. The van der Waals surface area contributed by atoms with Gasteiger partial charge in [-0.05, 0) is 41.8 Å². The van der Waals surface area contributed by atoms with E-state index >= 15 is 0 Å². The summed E-state index contributed by atoms with van der Waals surface area (Å²) in [7, 11) is 2.98. The summed E-state index contributed by atoms with van der Waals surface area (Å²) in [5.74, 6) is -0.381. The Morgan fingerprint density at radius 1 is 1.03 bits per heavy atom. The van der Waals surface area contributed by atoms with Crippen molar-refractivity contribution in [2.75, 3.05) is 5.75 Å². The summed E-state index contributed by atoms with van der Waals surface area (Å²) in [4.78, 5) is 41.4. The molecule has 1 amide bonds. The highest BCUT2D eigenvalue weighted by atomic mass is 33.1. The van der Waals surface area contributed by atoms with E-state index in [1.807, 2.05) is 54.6 Å². The van der Waals surface area contributed by atoms with Gasteiger partial charge in [0.1, 0.15) is 5.78 Å². The van der Waals surface area contributed by atoms with Crippen molar-refractivity contribution in [1.82, 2.24) is 10.3 Å². The molecule has 162 valence electrons. The normalized spacial score (nSPS) is 13.0. The third-order valence-electron chi connectivity index (χ3n) is 4.75. The zero-order valence-corrected chi connectivity index (χ0v) is 19.8. The van der Waals surface area contributed by atoms with Crippen molar-refractivity contribution in [2.45, 2.75) is 37.1 Å². The number of Topliss-reactive ketones (excluding diaryl/α,β-unsaturated/α-hetero) is 2. The lowest BCUT2D eigenvalue weighted by Gasteiger charge is -2.19. The second-order valence-electron chi connectivity index (χ2n) is 7.24. The third kappa shape index (κ3) is 7.19. The van der Waals surface area contributed by atoms with Crippen LogP contribution in [0.5, 0.6) is 0 Å². The van der Waals surface area contributed by atoms with Gasteiger partial charge in [-0.25, -0.2) is 4.98 Å². The van der Waals surface area contributed by atoms with E-state index in [2.05, 4.69) is 10.3 Å². The van der Waals surface area contributed by atoms with Crippen molar-refractivity contribution < 1.29 is 14.4 Å². The average Bonchev–Trinajstić information content (AvgIpc) is 3.15. The van der Waals surface area contributed by atoms with Crippen LogP contribution in [-0.4, -0.2) is 34.3 Å². The van der Waals surface area contributed by atoms with Crippen molar-refractivity contribution in [3.63, 3.8) is 0 Å². The number of carbonyl (C=O) groups excluding carboxylic acids is 3. The summed E-state index contributed by atoms with van der Waals surface area (Å²) in [6, 6.07) is 17.0. The third-order valence-corrected chi connectivity index (χ3v) is 8.46. The summed E-state index contributed by atoms with van der Waals surface area (Å²) in [5.41, 5.74) is 1.97. The zero-order chi connectivity index (χ0) is 22.2. The lowest BCUT2D eigenvalue weighted by Crippen LogP contribution is -2.42. The molecule has 0 aliphatic carbocycles. The maximum absolute atomic E-state index is 13.0. The van der Waals surface area contributed by atoms with Crippen molar-refractivity contribution in [2.24, 2.45) is 5.92 Å². The van der Waals surface area contributed by atoms with Gasteiger partial charge < -0.3 is 5.32 Å². The first-order valence-corrected chi connectivity index (χ1v) is 13.0. The van der Waals surface area contributed by atoms with Crippen LogP contribution in [-0.2, 0) is 20.8 Å². The number of benzene rings is 2. The van der Waals surface area contributed by atoms with Gasteiger partial charge in [0.2, 0.25) is 5.91 Å². The minimum atomic E-state index is -0.637. The maximum Gasteiger partial charge on any atom is 0.217 e. The van der Waals surface area contributed by atoms with Crippen molar-refractivity contribution >= 4 is 60.6 Å². The van der Waals surface area contributed by atoms with Crippen molar-refractivity contribution in [1.29, 1.82) is 0 Å². The van der Waals surface area contributed by atoms with Crippen LogP contribution in [0.15, 0.2) is 58.9 Å². The lowest BCUT2D eigenvalue weighted by atomic mass is 9.89. The fourth-order valence-electron chi connectivity index (χ4n) is 3.14. The first-order chi connectivity index (χ1) is 14.9. The number of hydrogen-bond donors (Lipinski definition) is 1. The van der Waals surface area contributed by atoms with Crippen LogP contribution in [0, 0.1) is 5.92 Å². The average molecular weight is 473 g/mol. The number of carbonyl (C=O) groups is 3. The summed E-state index contributed by atoms with van der Waals surface area (Å²) in [6.45, 7) is 2.92. The van der Waals surface area contributed by atoms with E-state index in [-0.39, 0.29) is 23.9 Å². The highest BCUT2D eigenvalue weighted by Crippen LogP contribution is 2.37. The number of hydrogen-bond acceptors (Lipinski definition) is 7. The Labute approximate surface area is 193 Å². The molecule has 0 saturated carbocycles. The first kappa shape index (κ1) is 23.5. The molecular formula is C23H24N2O3S3. The molecule has 0 radical (unpaired) electrons. The van der Waals surface area contributed by atoms with Crippen LogP contribution in [0.3, 0.4) is 0 Å². The molecule has 1 aromatic heterocycles. The highest BCUT2D eigenvalue weighted by Gasteiger charge is 2.26. The van der Waals surface area contributed by atoms with E-state index in [4.69, 9.17) is 0 Å². The van der Waals surface area contributed by atoms with Gasteiger partial charge in [-0.2, -0.15) is 0 Å². The maximum atomic E-state index is 13.0. The van der Waals surface area contributed by atoms with E-state index in [1.54, 1.807) is 11.3 Å². The molecule has 1 heterocycles. The number of amides is 1. The van der Waals surface area contributed by atoms with Gasteiger partial charge in [0, 0.05) is 25.0 Å². The Morgan fingerprint density at radius 2 is 1.74 bits per heavy atom. The van der Waals surface area contributed by atoms with Crippen molar-refractivity contribution in [3.8, 4) is 0 Å².